The average molecular weight is 244 g/mol. The van der Waals surface area contributed by atoms with Crippen LogP contribution in [0.5, 0.6) is 0 Å². The summed E-state index contributed by atoms with van der Waals surface area (Å²) >= 11 is 11.4. The fraction of sp³-hybridized carbons (Fsp3) is 0.250. The van der Waals surface area contributed by atoms with Crippen molar-refractivity contribution in [3.63, 3.8) is 0 Å². The number of hydrogen-bond donors (Lipinski definition) is 0. The lowest BCUT2D eigenvalue weighted by atomic mass is 10.5. The largest absolute Gasteiger partial charge is 0.329 e. The first kappa shape index (κ1) is 10.3. The molecule has 15 heavy (non-hydrogen) atoms. The molecule has 2 heterocycles. The molecule has 0 aromatic carbocycles. The van der Waals surface area contributed by atoms with Gasteiger partial charge in [0.15, 0.2) is 5.82 Å². The number of nitrogens with zero attached hydrogens (tertiary/aromatic N) is 5. The number of imidazole rings is 1. The quantitative estimate of drug-likeness (QED) is 0.811. The zero-order valence-electron chi connectivity index (χ0n) is 7.85. The van der Waals surface area contributed by atoms with Crippen molar-refractivity contribution in [3.05, 3.63) is 23.0 Å². The third-order valence-corrected chi connectivity index (χ3v) is 2.18. The molecule has 0 atom stereocenters. The Bertz CT molecular complexity index is 461. The minimum atomic E-state index is 0.0654. The van der Waals surface area contributed by atoms with E-state index in [1.54, 1.807) is 6.20 Å². The molecule has 5 nitrogen and oxygen atoms in total. The Balaban J connectivity index is 2.53. The highest BCUT2D eigenvalue weighted by Gasteiger charge is 2.10. The van der Waals surface area contributed by atoms with Gasteiger partial charge in [-0.15, -0.1) is 0 Å². The summed E-state index contributed by atoms with van der Waals surface area (Å²) in [5.74, 6) is 1.01. The molecule has 0 saturated heterocycles. The number of halogens is 2. The molecule has 0 amide bonds. The number of rotatable bonds is 2. The van der Waals surface area contributed by atoms with Gasteiger partial charge in [0.1, 0.15) is 0 Å². The van der Waals surface area contributed by atoms with Crippen molar-refractivity contribution < 1.29 is 0 Å². The molecule has 2 rings (SSSR count). The second-order valence-electron chi connectivity index (χ2n) is 2.73. The Morgan fingerprint density at radius 3 is 2.47 bits per heavy atom. The van der Waals surface area contributed by atoms with Crippen molar-refractivity contribution >= 4 is 23.2 Å². The van der Waals surface area contributed by atoms with Crippen LogP contribution < -0.4 is 0 Å². The van der Waals surface area contributed by atoms with Crippen LogP contribution in [0.1, 0.15) is 6.92 Å². The van der Waals surface area contributed by atoms with Gasteiger partial charge >= 0.3 is 0 Å². The minimum absolute atomic E-state index is 0.0654. The van der Waals surface area contributed by atoms with Gasteiger partial charge in [-0.25, -0.2) is 4.98 Å². The first-order chi connectivity index (χ1) is 7.20. The van der Waals surface area contributed by atoms with Crippen molar-refractivity contribution in [1.82, 2.24) is 24.5 Å². The Kier molecular flexibility index (Phi) is 2.83. The molecule has 0 saturated carbocycles. The standard InChI is InChI=1S/C8H7Cl2N5/c1-2-15-4-3-11-6(15)5-12-7(9)14-8(10)13-5/h3-4H,2H2,1H3. The normalized spacial score (nSPS) is 10.6. The summed E-state index contributed by atoms with van der Waals surface area (Å²) < 4.78 is 1.89. The second kappa shape index (κ2) is 4.12. The summed E-state index contributed by atoms with van der Waals surface area (Å²) in [5.41, 5.74) is 0. The maximum absolute atomic E-state index is 5.68. The van der Waals surface area contributed by atoms with E-state index >= 15 is 0 Å². The first-order valence-corrected chi connectivity index (χ1v) is 5.05. The van der Waals surface area contributed by atoms with Crippen LogP contribution in [0, 0.1) is 0 Å². The SMILES string of the molecule is CCn1ccnc1-c1nc(Cl)nc(Cl)n1. The fourth-order valence-electron chi connectivity index (χ4n) is 1.20. The molecule has 0 aliphatic carbocycles. The molecule has 0 aliphatic heterocycles. The Morgan fingerprint density at radius 2 is 1.87 bits per heavy atom. The van der Waals surface area contributed by atoms with Crippen LogP contribution in [0.25, 0.3) is 11.6 Å². The first-order valence-electron chi connectivity index (χ1n) is 4.29. The summed E-state index contributed by atoms with van der Waals surface area (Å²) in [7, 11) is 0. The summed E-state index contributed by atoms with van der Waals surface area (Å²) in [5, 5.41) is 0.131. The fourth-order valence-corrected chi connectivity index (χ4v) is 1.56. The third-order valence-electron chi connectivity index (χ3n) is 1.84. The van der Waals surface area contributed by atoms with Crippen LogP contribution in [-0.2, 0) is 6.54 Å². The number of aryl methyl sites for hydroxylation is 1. The van der Waals surface area contributed by atoms with Crippen molar-refractivity contribution in [2.24, 2.45) is 0 Å². The highest BCUT2D eigenvalue weighted by molar-refractivity contribution is 6.31. The Morgan fingerprint density at radius 1 is 1.20 bits per heavy atom. The van der Waals surface area contributed by atoms with Gasteiger partial charge in [0.05, 0.1) is 0 Å². The lowest BCUT2D eigenvalue weighted by Crippen LogP contribution is -2.01. The molecule has 0 spiro atoms. The summed E-state index contributed by atoms with van der Waals surface area (Å²) in [6.07, 6.45) is 3.51. The van der Waals surface area contributed by atoms with E-state index in [-0.39, 0.29) is 10.6 Å². The molecule has 0 unspecified atom stereocenters. The second-order valence-corrected chi connectivity index (χ2v) is 3.41. The molecule has 2 aromatic rings. The topological polar surface area (TPSA) is 56.5 Å². The van der Waals surface area contributed by atoms with E-state index in [4.69, 9.17) is 23.2 Å². The summed E-state index contributed by atoms with van der Waals surface area (Å²) in [6.45, 7) is 2.77. The van der Waals surface area contributed by atoms with Crippen LogP contribution in [0.15, 0.2) is 12.4 Å². The van der Waals surface area contributed by atoms with E-state index < -0.39 is 0 Å². The molecule has 0 fully saturated rings. The van der Waals surface area contributed by atoms with Gasteiger partial charge < -0.3 is 4.57 Å². The highest BCUT2D eigenvalue weighted by Crippen LogP contribution is 2.16. The van der Waals surface area contributed by atoms with E-state index in [2.05, 4.69) is 19.9 Å². The predicted molar refractivity (Wildman–Crippen MR) is 56.7 cm³/mol. The molecular weight excluding hydrogens is 237 g/mol. The van der Waals surface area contributed by atoms with Crippen LogP contribution in [-0.4, -0.2) is 24.5 Å². The molecule has 2 aromatic heterocycles. The molecule has 78 valence electrons. The van der Waals surface area contributed by atoms with Crippen molar-refractivity contribution in [1.29, 1.82) is 0 Å². The van der Waals surface area contributed by atoms with Gasteiger partial charge in [0, 0.05) is 18.9 Å². The van der Waals surface area contributed by atoms with Crippen LogP contribution in [0.2, 0.25) is 10.6 Å². The van der Waals surface area contributed by atoms with E-state index in [9.17, 15) is 0 Å². The molecular formula is C8H7Cl2N5. The molecule has 0 bridgehead atoms. The van der Waals surface area contributed by atoms with Gasteiger partial charge in [-0.05, 0) is 30.1 Å². The van der Waals surface area contributed by atoms with Gasteiger partial charge in [-0.3, -0.25) is 0 Å². The van der Waals surface area contributed by atoms with Gasteiger partial charge in [0.2, 0.25) is 16.4 Å². The van der Waals surface area contributed by atoms with Gasteiger partial charge in [-0.2, -0.15) is 15.0 Å². The smallest absolute Gasteiger partial charge is 0.227 e. The van der Waals surface area contributed by atoms with Crippen molar-refractivity contribution in [2.75, 3.05) is 0 Å². The zero-order valence-corrected chi connectivity index (χ0v) is 9.37. The minimum Gasteiger partial charge on any atom is -0.329 e. The van der Waals surface area contributed by atoms with Gasteiger partial charge in [-0.1, -0.05) is 0 Å². The van der Waals surface area contributed by atoms with Crippen molar-refractivity contribution in [3.8, 4) is 11.6 Å². The molecule has 7 heteroatoms. The lowest BCUT2D eigenvalue weighted by molar-refractivity contribution is 0.763. The maximum atomic E-state index is 5.68. The Labute approximate surface area is 96.1 Å². The number of hydrogen-bond acceptors (Lipinski definition) is 4. The van der Waals surface area contributed by atoms with E-state index in [1.807, 2.05) is 17.7 Å². The lowest BCUT2D eigenvalue weighted by Gasteiger charge is -2.02. The van der Waals surface area contributed by atoms with Gasteiger partial charge in [0.25, 0.3) is 0 Å². The molecule has 0 aliphatic rings. The predicted octanol–water partition coefficient (Wildman–Crippen LogP) is 2.06. The maximum Gasteiger partial charge on any atom is 0.227 e. The molecule has 0 radical (unpaired) electrons. The van der Waals surface area contributed by atoms with E-state index in [0.29, 0.717) is 11.6 Å². The average Bonchev–Trinajstić information content (AvgIpc) is 2.63. The van der Waals surface area contributed by atoms with E-state index in [1.165, 1.54) is 0 Å². The Hall–Kier alpha value is -1.20. The number of aromatic nitrogens is 5. The van der Waals surface area contributed by atoms with Crippen LogP contribution in [0.4, 0.5) is 0 Å². The third kappa shape index (κ3) is 2.08. The zero-order chi connectivity index (χ0) is 10.8. The molecule has 0 N–H and O–H groups in total. The monoisotopic (exact) mass is 243 g/mol. The van der Waals surface area contributed by atoms with Crippen LogP contribution in [0.3, 0.4) is 0 Å². The van der Waals surface area contributed by atoms with E-state index in [0.717, 1.165) is 6.54 Å². The highest BCUT2D eigenvalue weighted by atomic mass is 35.5. The summed E-state index contributed by atoms with van der Waals surface area (Å²) in [4.78, 5) is 15.7. The van der Waals surface area contributed by atoms with Crippen LogP contribution >= 0.6 is 23.2 Å². The summed E-state index contributed by atoms with van der Waals surface area (Å²) in [6, 6.07) is 0. The van der Waals surface area contributed by atoms with Crippen molar-refractivity contribution in [2.45, 2.75) is 13.5 Å².